The first-order valence-corrected chi connectivity index (χ1v) is 13.6. The van der Waals surface area contributed by atoms with Crippen molar-refractivity contribution in [1.29, 1.82) is 0 Å². The summed E-state index contributed by atoms with van der Waals surface area (Å²) >= 11 is 12.3. The summed E-state index contributed by atoms with van der Waals surface area (Å²) in [5.74, 6) is -1.99. The van der Waals surface area contributed by atoms with E-state index in [4.69, 9.17) is 23.2 Å². The number of amides is 2. The lowest BCUT2D eigenvalue weighted by molar-refractivity contribution is -0.139. The van der Waals surface area contributed by atoms with Crippen molar-refractivity contribution < 1.29 is 22.4 Å². The lowest BCUT2D eigenvalue weighted by Gasteiger charge is -2.32. The summed E-state index contributed by atoms with van der Waals surface area (Å²) in [6.07, 6.45) is 0. The van der Waals surface area contributed by atoms with E-state index in [1.807, 2.05) is 0 Å². The first-order chi connectivity index (χ1) is 17.6. The number of nitrogens with zero attached hydrogens (tertiary/aromatic N) is 2. The summed E-state index contributed by atoms with van der Waals surface area (Å²) in [5.41, 5.74) is 0.203. The van der Waals surface area contributed by atoms with Gasteiger partial charge in [-0.25, -0.2) is 12.8 Å². The fraction of sp³-hybridized carbons (Fsp3) is 0.231. The minimum atomic E-state index is -4.35. The highest BCUT2D eigenvalue weighted by Crippen LogP contribution is 2.28. The predicted molar refractivity (Wildman–Crippen MR) is 143 cm³/mol. The molecule has 11 heteroatoms. The zero-order chi connectivity index (χ0) is 27.2. The third-order valence-corrected chi connectivity index (χ3v) is 7.97. The van der Waals surface area contributed by atoms with E-state index in [0.29, 0.717) is 21.4 Å². The van der Waals surface area contributed by atoms with E-state index in [9.17, 15) is 22.4 Å². The predicted octanol–water partition coefficient (Wildman–Crippen LogP) is 4.88. The van der Waals surface area contributed by atoms with Crippen LogP contribution in [0.2, 0.25) is 10.0 Å². The number of nitrogens with one attached hydrogen (secondary N) is 1. The van der Waals surface area contributed by atoms with Crippen molar-refractivity contribution in [2.75, 3.05) is 17.4 Å². The average molecular weight is 566 g/mol. The van der Waals surface area contributed by atoms with Gasteiger partial charge in [-0.05, 0) is 55.8 Å². The number of sulfonamides is 1. The number of carbonyl (C=O) groups excluding carboxylic acids is 2. The third-order valence-electron chi connectivity index (χ3n) is 5.61. The topological polar surface area (TPSA) is 86.8 Å². The van der Waals surface area contributed by atoms with Crippen LogP contribution in [0.3, 0.4) is 0 Å². The maximum absolute atomic E-state index is 14.8. The molecule has 2 amide bonds. The fourth-order valence-electron chi connectivity index (χ4n) is 3.62. The molecule has 0 heterocycles. The molecule has 7 nitrogen and oxygen atoms in total. The van der Waals surface area contributed by atoms with Crippen LogP contribution in [-0.2, 0) is 26.2 Å². The standard InChI is InChI=1S/C26H26Cl2FN3O4S/c1-3-30-26(34)18(2)31(16-19-13-14-20(27)15-22(19)28)25(33)17-32(24-12-8-7-11-23(24)29)37(35,36)21-9-5-4-6-10-21/h4-15,18H,3,16-17H2,1-2H3,(H,30,34)/t18-/m1/s1. The van der Waals surface area contributed by atoms with Crippen LogP contribution in [0.5, 0.6) is 0 Å². The molecule has 196 valence electrons. The van der Waals surface area contributed by atoms with Crippen LogP contribution in [0.1, 0.15) is 19.4 Å². The zero-order valence-electron chi connectivity index (χ0n) is 20.2. The second-order valence-electron chi connectivity index (χ2n) is 8.10. The van der Waals surface area contributed by atoms with Crippen LogP contribution >= 0.6 is 23.2 Å². The van der Waals surface area contributed by atoms with Crippen molar-refractivity contribution in [2.24, 2.45) is 0 Å². The van der Waals surface area contributed by atoms with Gasteiger partial charge in [-0.2, -0.15) is 0 Å². The van der Waals surface area contributed by atoms with Gasteiger partial charge >= 0.3 is 0 Å². The minimum Gasteiger partial charge on any atom is -0.355 e. The van der Waals surface area contributed by atoms with Gasteiger partial charge in [-0.3, -0.25) is 13.9 Å². The Labute approximate surface area is 225 Å². The highest BCUT2D eigenvalue weighted by atomic mass is 35.5. The summed E-state index contributed by atoms with van der Waals surface area (Å²) in [4.78, 5) is 27.5. The SMILES string of the molecule is CCNC(=O)[C@@H](C)N(Cc1ccc(Cl)cc1Cl)C(=O)CN(c1ccccc1F)S(=O)(=O)c1ccccc1. The molecule has 0 aliphatic carbocycles. The summed E-state index contributed by atoms with van der Waals surface area (Å²) in [7, 11) is -4.35. The molecule has 3 rings (SSSR count). The molecule has 3 aromatic carbocycles. The van der Waals surface area contributed by atoms with Crippen LogP contribution in [0.25, 0.3) is 0 Å². The second-order valence-corrected chi connectivity index (χ2v) is 10.8. The smallest absolute Gasteiger partial charge is 0.264 e. The third kappa shape index (κ3) is 6.80. The Kier molecular flexibility index (Phi) is 9.53. The molecule has 1 N–H and O–H groups in total. The quantitative estimate of drug-likeness (QED) is 0.379. The van der Waals surface area contributed by atoms with Crippen molar-refractivity contribution >= 4 is 50.7 Å². The lowest BCUT2D eigenvalue weighted by Crippen LogP contribution is -2.51. The number of carbonyl (C=O) groups is 2. The molecule has 3 aromatic rings. The molecule has 0 unspecified atom stereocenters. The Morgan fingerprint density at radius 1 is 1.00 bits per heavy atom. The van der Waals surface area contributed by atoms with Gasteiger partial charge in [0, 0.05) is 23.1 Å². The number of anilines is 1. The Balaban J connectivity index is 2.05. The molecule has 37 heavy (non-hydrogen) atoms. The van der Waals surface area contributed by atoms with Crippen LogP contribution in [-0.4, -0.2) is 44.3 Å². The van der Waals surface area contributed by atoms with Gasteiger partial charge in [0.15, 0.2) is 0 Å². The van der Waals surface area contributed by atoms with Crippen LogP contribution in [0, 0.1) is 5.82 Å². The van der Waals surface area contributed by atoms with Crippen molar-refractivity contribution in [3.05, 3.63) is 94.2 Å². The first-order valence-electron chi connectivity index (χ1n) is 11.4. The van der Waals surface area contributed by atoms with Gasteiger partial charge in [-0.1, -0.05) is 59.6 Å². The number of likely N-dealkylation sites (N-methyl/N-ethyl adjacent to an activating group) is 1. The molecule has 0 radical (unpaired) electrons. The summed E-state index contributed by atoms with van der Waals surface area (Å²) < 4.78 is 42.7. The fourth-order valence-corrected chi connectivity index (χ4v) is 5.54. The number of benzene rings is 3. The summed E-state index contributed by atoms with van der Waals surface area (Å²) in [5, 5.41) is 3.33. The normalized spacial score (nSPS) is 12.0. The van der Waals surface area contributed by atoms with Gasteiger partial charge in [0.2, 0.25) is 11.8 Å². The summed E-state index contributed by atoms with van der Waals surface area (Å²) in [6, 6.07) is 16.4. The maximum atomic E-state index is 14.8. The average Bonchev–Trinajstić information content (AvgIpc) is 2.87. The molecule has 0 saturated carbocycles. The molecule has 0 saturated heterocycles. The van der Waals surface area contributed by atoms with E-state index in [0.717, 1.165) is 6.07 Å². The van der Waals surface area contributed by atoms with Gasteiger partial charge < -0.3 is 10.2 Å². The molecular formula is C26H26Cl2FN3O4S. The van der Waals surface area contributed by atoms with E-state index in [1.165, 1.54) is 60.4 Å². The number of halogens is 3. The largest absolute Gasteiger partial charge is 0.355 e. The minimum absolute atomic E-state index is 0.108. The number of hydrogen-bond acceptors (Lipinski definition) is 4. The Morgan fingerprint density at radius 3 is 2.27 bits per heavy atom. The monoisotopic (exact) mass is 565 g/mol. The number of para-hydroxylation sites is 1. The van der Waals surface area contributed by atoms with E-state index in [-0.39, 0.29) is 22.2 Å². The van der Waals surface area contributed by atoms with E-state index < -0.39 is 40.2 Å². The molecule has 0 aliphatic heterocycles. The van der Waals surface area contributed by atoms with Crippen molar-refractivity contribution in [3.8, 4) is 0 Å². The molecule has 0 spiro atoms. The van der Waals surface area contributed by atoms with Gasteiger partial charge in [0.25, 0.3) is 10.0 Å². The van der Waals surface area contributed by atoms with Crippen LogP contribution < -0.4 is 9.62 Å². The molecule has 0 fully saturated rings. The molecule has 0 aliphatic rings. The van der Waals surface area contributed by atoms with E-state index >= 15 is 0 Å². The molecular weight excluding hydrogens is 540 g/mol. The summed E-state index contributed by atoms with van der Waals surface area (Å²) in [6.45, 7) is 2.72. The number of hydrogen-bond donors (Lipinski definition) is 1. The molecule has 0 aromatic heterocycles. The van der Waals surface area contributed by atoms with Crippen LogP contribution in [0.15, 0.2) is 77.7 Å². The highest BCUT2D eigenvalue weighted by Gasteiger charge is 2.33. The highest BCUT2D eigenvalue weighted by molar-refractivity contribution is 7.92. The van der Waals surface area contributed by atoms with Crippen molar-refractivity contribution in [1.82, 2.24) is 10.2 Å². The van der Waals surface area contributed by atoms with E-state index in [1.54, 1.807) is 25.1 Å². The first kappa shape index (κ1) is 28.4. The van der Waals surface area contributed by atoms with Gasteiger partial charge in [-0.15, -0.1) is 0 Å². The Bertz CT molecular complexity index is 1370. The van der Waals surface area contributed by atoms with Gasteiger partial charge in [0.05, 0.1) is 10.6 Å². The molecule has 0 bridgehead atoms. The van der Waals surface area contributed by atoms with Crippen molar-refractivity contribution in [2.45, 2.75) is 31.3 Å². The van der Waals surface area contributed by atoms with E-state index in [2.05, 4.69) is 5.32 Å². The molecule has 1 atom stereocenters. The van der Waals surface area contributed by atoms with Crippen LogP contribution in [0.4, 0.5) is 10.1 Å². The Morgan fingerprint density at radius 2 is 1.65 bits per heavy atom. The zero-order valence-corrected chi connectivity index (χ0v) is 22.5. The maximum Gasteiger partial charge on any atom is 0.264 e. The lowest BCUT2D eigenvalue weighted by atomic mass is 10.1. The Hall–Kier alpha value is -3.14. The van der Waals surface area contributed by atoms with Gasteiger partial charge in [0.1, 0.15) is 18.4 Å². The second kappa shape index (κ2) is 12.4. The number of rotatable bonds is 10. The van der Waals surface area contributed by atoms with Crippen molar-refractivity contribution in [3.63, 3.8) is 0 Å².